The van der Waals surface area contributed by atoms with Crippen LogP contribution in [0.2, 0.25) is 0 Å². The summed E-state index contributed by atoms with van der Waals surface area (Å²) in [6.07, 6.45) is 3.38. The van der Waals surface area contributed by atoms with Crippen molar-refractivity contribution in [3.8, 4) is 28.3 Å². The van der Waals surface area contributed by atoms with Crippen LogP contribution in [0, 0.1) is 0 Å². The second-order valence-electron chi connectivity index (χ2n) is 6.09. The maximum absolute atomic E-state index is 11.9. The first-order chi connectivity index (χ1) is 13.9. The van der Waals surface area contributed by atoms with E-state index in [0.29, 0.717) is 24.5 Å². The summed E-state index contributed by atoms with van der Waals surface area (Å²) in [5.41, 5.74) is 12.8. The summed E-state index contributed by atoms with van der Waals surface area (Å²) in [7, 11) is 0. The monoisotopic (exact) mass is 398 g/mol. The molecule has 10 nitrogen and oxygen atoms in total. The number of ether oxygens (including phenoxy) is 2. The van der Waals surface area contributed by atoms with Gasteiger partial charge < -0.3 is 25.9 Å². The minimum absolute atomic E-state index is 0.0279. The molecule has 10 heteroatoms. The highest BCUT2D eigenvalue weighted by Gasteiger charge is 2.14. The Balaban J connectivity index is 1.96. The molecule has 0 unspecified atom stereocenters. The van der Waals surface area contributed by atoms with Gasteiger partial charge in [0.1, 0.15) is 23.8 Å². The third kappa shape index (κ3) is 4.37. The molecule has 152 valence electrons. The standard InChI is InChI=1S/C19H22N6O4/c1-3-28-14-7-11(12-8-22-25(9-12)10-15(26)29-4-2)5-6-13(14)18-23-17(21)16(20)19(27)24-18/h5-9H,3-4,10,20H2,1-2H3,(H3,21,23,24,27). The van der Waals surface area contributed by atoms with Crippen LogP contribution in [0.4, 0.5) is 11.5 Å². The number of hydrogen-bond donors (Lipinski definition) is 3. The topological polar surface area (TPSA) is 151 Å². The van der Waals surface area contributed by atoms with Gasteiger partial charge in [-0.15, -0.1) is 0 Å². The average molecular weight is 398 g/mol. The van der Waals surface area contributed by atoms with Gasteiger partial charge in [0, 0.05) is 11.8 Å². The van der Waals surface area contributed by atoms with Crippen LogP contribution < -0.4 is 21.8 Å². The second kappa shape index (κ2) is 8.46. The fourth-order valence-electron chi connectivity index (χ4n) is 2.74. The first-order valence-electron chi connectivity index (χ1n) is 9.03. The van der Waals surface area contributed by atoms with E-state index in [9.17, 15) is 9.59 Å². The van der Waals surface area contributed by atoms with E-state index in [1.165, 1.54) is 4.68 Å². The van der Waals surface area contributed by atoms with Crippen molar-refractivity contribution in [3.63, 3.8) is 0 Å². The third-order valence-corrected chi connectivity index (χ3v) is 4.08. The number of nitrogens with one attached hydrogen (secondary N) is 1. The van der Waals surface area contributed by atoms with Crippen molar-refractivity contribution in [2.75, 3.05) is 24.7 Å². The van der Waals surface area contributed by atoms with Crippen molar-refractivity contribution in [2.45, 2.75) is 20.4 Å². The minimum Gasteiger partial charge on any atom is -0.493 e. The quantitative estimate of drug-likeness (QED) is 0.506. The lowest BCUT2D eigenvalue weighted by Crippen LogP contribution is -2.17. The van der Waals surface area contributed by atoms with Crippen LogP contribution in [0.3, 0.4) is 0 Å². The van der Waals surface area contributed by atoms with Gasteiger partial charge in [0.2, 0.25) is 0 Å². The summed E-state index contributed by atoms with van der Waals surface area (Å²) >= 11 is 0. The van der Waals surface area contributed by atoms with Crippen LogP contribution in [0.15, 0.2) is 35.4 Å². The van der Waals surface area contributed by atoms with Crippen molar-refractivity contribution in [1.82, 2.24) is 19.7 Å². The van der Waals surface area contributed by atoms with Crippen LogP contribution in [-0.2, 0) is 16.1 Å². The number of nitrogens with zero attached hydrogens (tertiary/aromatic N) is 3. The summed E-state index contributed by atoms with van der Waals surface area (Å²) in [5.74, 6) is 0.365. The SMILES string of the molecule is CCOC(=O)Cn1cc(-c2ccc(-c3nc(N)c(N)c(=O)[nH]3)c(OCC)c2)cn1. The molecular formula is C19H22N6O4. The maximum Gasteiger partial charge on any atom is 0.327 e. The number of benzene rings is 1. The van der Waals surface area contributed by atoms with Crippen molar-refractivity contribution in [3.05, 3.63) is 40.9 Å². The van der Waals surface area contributed by atoms with E-state index < -0.39 is 5.56 Å². The molecule has 0 spiro atoms. The van der Waals surface area contributed by atoms with E-state index in [0.717, 1.165) is 11.1 Å². The summed E-state index contributed by atoms with van der Waals surface area (Å²) in [5, 5.41) is 4.19. The predicted octanol–water partition coefficient (Wildman–Crippen LogP) is 1.43. The number of aromatic amines is 1. The molecule has 3 aromatic rings. The lowest BCUT2D eigenvalue weighted by molar-refractivity contribution is -0.144. The van der Waals surface area contributed by atoms with E-state index >= 15 is 0 Å². The molecule has 2 aromatic heterocycles. The summed E-state index contributed by atoms with van der Waals surface area (Å²) in [6, 6.07) is 5.39. The number of carbonyl (C=O) groups is 1. The number of nitrogen functional groups attached to an aromatic ring is 2. The van der Waals surface area contributed by atoms with Crippen LogP contribution in [-0.4, -0.2) is 38.9 Å². The Morgan fingerprint density at radius 2 is 2.00 bits per heavy atom. The zero-order valence-electron chi connectivity index (χ0n) is 16.1. The summed E-state index contributed by atoms with van der Waals surface area (Å²) in [6.45, 7) is 4.35. The molecular weight excluding hydrogens is 376 g/mol. The molecule has 0 aliphatic carbocycles. The average Bonchev–Trinajstić information content (AvgIpc) is 3.14. The maximum atomic E-state index is 11.9. The molecule has 0 atom stereocenters. The molecule has 1 aromatic carbocycles. The molecule has 0 saturated carbocycles. The molecule has 0 radical (unpaired) electrons. The second-order valence-corrected chi connectivity index (χ2v) is 6.09. The molecule has 5 N–H and O–H groups in total. The molecule has 0 fully saturated rings. The number of aromatic nitrogens is 4. The fourth-order valence-corrected chi connectivity index (χ4v) is 2.74. The number of nitrogens with two attached hydrogens (primary N) is 2. The molecule has 0 aliphatic rings. The minimum atomic E-state index is -0.515. The van der Waals surface area contributed by atoms with Gasteiger partial charge >= 0.3 is 5.97 Å². The van der Waals surface area contributed by atoms with Gasteiger partial charge in [0.25, 0.3) is 5.56 Å². The van der Waals surface area contributed by atoms with Gasteiger partial charge in [-0.05, 0) is 31.5 Å². The van der Waals surface area contributed by atoms with Gasteiger partial charge in [0.15, 0.2) is 5.82 Å². The Hall–Kier alpha value is -3.82. The Morgan fingerprint density at radius 3 is 2.69 bits per heavy atom. The molecule has 0 bridgehead atoms. The van der Waals surface area contributed by atoms with E-state index in [1.54, 1.807) is 31.5 Å². The van der Waals surface area contributed by atoms with Crippen LogP contribution in [0.1, 0.15) is 13.8 Å². The highest BCUT2D eigenvalue weighted by atomic mass is 16.5. The van der Waals surface area contributed by atoms with Crippen molar-refractivity contribution in [1.29, 1.82) is 0 Å². The highest BCUT2D eigenvalue weighted by molar-refractivity contribution is 5.74. The zero-order valence-corrected chi connectivity index (χ0v) is 16.1. The van der Waals surface area contributed by atoms with Gasteiger partial charge in [-0.3, -0.25) is 14.3 Å². The fraction of sp³-hybridized carbons (Fsp3) is 0.263. The molecule has 0 aliphatic heterocycles. The lowest BCUT2D eigenvalue weighted by Gasteiger charge is -2.12. The molecule has 3 rings (SSSR count). The van der Waals surface area contributed by atoms with E-state index in [-0.39, 0.29) is 29.8 Å². The third-order valence-electron chi connectivity index (χ3n) is 4.08. The van der Waals surface area contributed by atoms with Gasteiger partial charge in [0.05, 0.1) is 25.0 Å². The Labute approximate surface area is 166 Å². The van der Waals surface area contributed by atoms with Crippen molar-refractivity contribution < 1.29 is 14.3 Å². The van der Waals surface area contributed by atoms with E-state index in [2.05, 4.69) is 15.1 Å². The molecule has 0 saturated heterocycles. The van der Waals surface area contributed by atoms with Crippen LogP contribution in [0.25, 0.3) is 22.5 Å². The van der Waals surface area contributed by atoms with Crippen molar-refractivity contribution >= 4 is 17.5 Å². The first kappa shape index (κ1) is 19.9. The Morgan fingerprint density at radius 1 is 1.21 bits per heavy atom. The number of anilines is 2. The lowest BCUT2D eigenvalue weighted by atomic mass is 10.1. The Bertz CT molecular complexity index is 1090. The summed E-state index contributed by atoms with van der Waals surface area (Å²) in [4.78, 5) is 30.3. The van der Waals surface area contributed by atoms with Crippen molar-refractivity contribution in [2.24, 2.45) is 0 Å². The van der Waals surface area contributed by atoms with E-state index in [4.69, 9.17) is 20.9 Å². The number of carbonyl (C=O) groups excluding carboxylic acids is 1. The number of esters is 1. The predicted molar refractivity (Wildman–Crippen MR) is 108 cm³/mol. The van der Waals surface area contributed by atoms with Gasteiger partial charge in [-0.1, -0.05) is 6.07 Å². The molecule has 0 amide bonds. The van der Waals surface area contributed by atoms with Crippen LogP contribution >= 0.6 is 0 Å². The first-order valence-corrected chi connectivity index (χ1v) is 9.03. The summed E-state index contributed by atoms with van der Waals surface area (Å²) < 4.78 is 12.2. The van der Waals surface area contributed by atoms with E-state index in [1.807, 2.05) is 13.0 Å². The number of H-pyrrole nitrogens is 1. The smallest absolute Gasteiger partial charge is 0.327 e. The highest BCUT2D eigenvalue weighted by Crippen LogP contribution is 2.33. The van der Waals surface area contributed by atoms with Gasteiger partial charge in [-0.2, -0.15) is 5.10 Å². The largest absolute Gasteiger partial charge is 0.493 e. The molecule has 2 heterocycles. The normalized spacial score (nSPS) is 10.7. The zero-order chi connectivity index (χ0) is 21.0. The Kier molecular flexibility index (Phi) is 5.82. The molecule has 29 heavy (non-hydrogen) atoms. The van der Waals surface area contributed by atoms with Gasteiger partial charge in [-0.25, -0.2) is 4.98 Å². The number of rotatable bonds is 7. The number of hydrogen-bond acceptors (Lipinski definition) is 8. The van der Waals surface area contributed by atoms with Crippen LogP contribution in [0.5, 0.6) is 5.75 Å².